The van der Waals surface area contributed by atoms with Gasteiger partial charge in [-0.1, -0.05) is 38.1 Å². The zero-order valence-electron chi connectivity index (χ0n) is 19.9. The van der Waals surface area contributed by atoms with E-state index >= 15 is 0 Å². The molecule has 8 heteroatoms. The third kappa shape index (κ3) is 5.76. The van der Waals surface area contributed by atoms with Gasteiger partial charge in [-0.05, 0) is 35.6 Å². The van der Waals surface area contributed by atoms with Crippen LogP contribution < -0.4 is 11.1 Å². The first kappa shape index (κ1) is 25.3. The van der Waals surface area contributed by atoms with E-state index in [4.69, 9.17) is 10.5 Å². The second kappa shape index (κ2) is 11.2. The van der Waals surface area contributed by atoms with Crippen LogP contribution in [-0.4, -0.2) is 59.7 Å². The number of likely N-dealkylation sites (N-methyl/N-ethyl adjacent to an activating group) is 1. The number of nitrogens with two attached hydrogens (primary N) is 1. The van der Waals surface area contributed by atoms with E-state index in [9.17, 15) is 19.8 Å². The summed E-state index contributed by atoms with van der Waals surface area (Å²) < 4.78 is 5.39. The Kier molecular flexibility index (Phi) is 8.31. The van der Waals surface area contributed by atoms with Crippen molar-refractivity contribution in [3.05, 3.63) is 64.3 Å². The van der Waals surface area contributed by atoms with Gasteiger partial charge in [-0.15, -0.1) is 0 Å². The predicted molar refractivity (Wildman–Crippen MR) is 131 cm³/mol. The standard InChI is InChI=1S/C26H33N3O5/c1-4-28-26(33)24(27)23(25(32)20-13-19(16(2)3)21(30)14-22(20)31)18-7-5-17(6-8-18)15-29-9-11-34-12-10-29/h5-8,13-14,16,30-31H,4,9-12,15,27H2,1-3H3,(H,28,33). The fourth-order valence-electron chi connectivity index (χ4n) is 3.95. The van der Waals surface area contributed by atoms with E-state index in [0.717, 1.165) is 31.3 Å². The number of benzene rings is 2. The number of carbonyl (C=O) groups excluding carboxylic acids is 2. The van der Waals surface area contributed by atoms with E-state index in [2.05, 4.69) is 10.2 Å². The van der Waals surface area contributed by atoms with Crippen LogP contribution in [0.25, 0.3) is 5.57 Å². The minimum Gasteiger partial charge on any atom is -0.508 e. The van der Waals surface area contributed by atoms with Crippen LogP contribution in [0.1, 0.15) is 53.7 Å². The molecule has 34 heavy (non-hydrogen) atoms. The number of ether oxygens (including phenoxy) is 1. The molecular formula is C26H33N3O5. The number of nitrogens with one attached hydrogen (secondary N) is 1. The number of aromatic hydroxyl groups is 2. The van der Waals surface area contributed by atoms with Crippen LogP contribution in [0, 0.1) is 0 Å². The molecule has 8 nitrogen and oxygen atoms in total. The molecule has 1 aliphatic heterocycles. The zero-order chi connectivity index (χ0) is 24.8. The molecule has 1 heterocycles. The Labute approximate surface area is 200 Å². The molecule has 3 rings (SSSR count). The van der Waals surface area contributed by atoms with Gasteiger partial charge in [0.25, 0.3) is 5.91 Å². The van der Waals surface area contributed by atoms with Gasteiger partial charge in [0.05, 0.1) is 24.4 Å². The van der Waals surface area contributed by atoms with Crippen molar-refractivity contribution in [1.29, 1.82) is 0 Å². The summed E-state index contributed by atoms with van der Waals surface area (Å²) in [5.74, 6) is -1.72. The molecule has 0 atom stereocenters. The summed E-state index contributed by atoms with van der Waals surface area (Å²) in [5.41, 5.74) is 7.96. The normalized spacial score (nSPS) is 15.2. The number of amides is 1. The number of phenols is 2. The number of ketones is 1. The lowest BCUT2D eigenvalue weighted by molar-refractivity contribution is -0.117. The zero-order valence-corrected chi connectivity index (χ0v) is 19.9. The third-order valence-corrected chi connectivity index (χ3v) is 5.84. The average molecular weight is 468 g/mol. The summed E-state index contributed by atoms with van der Waals surface area (Å²) in [4.78, 5) is 28.5. The van der Waals surface area contributed by atoms with E-state index < -0.39 is 11.7 Å². The number of phenolic OH excluding ortho intramolecular Hbond substituents is 2. The molecule has 5 N–H and O–H groups in total. The van der Waals surface area contributed by atoms with Crippen molar-refractivity contribution in [3.63, 3.8) is 0 Å². The van der Waals surface area contributed by atoms with Gasteiger partial charge in [-0.2, -0.15) is 0 Å². The molecule has 1 amide bonds. The smallest absolute Gasteiger partial charge is 0.267 e. The highest BCUT2D eigenvalue weighted by molar-refractivity contribution is 6.33. The molecule has 0 radical (unpaired) electrons. The second-order valence-electron chi connectivity index (χ2n) is 8.65. The highest BCUT2D eigenvalue weighted by Crippen LogP contribution is 2.35. The van der Waals surface area contributed by atoms with Crippen LogP contribution in [0.2, 0.25) is 0 Å². The summed E-state index contributed by atoms with van der Waals surface area (Å²) in [6.07, 6.45) is 0. The van der Waals surface area contributed by atoms with Crippen molar-refractivity contribution in [2.75, 3.05) is 32.8 Å². The number of carbonyl (C=O) groups is 2. The van der Waals surface area contributed by atoms with Gasteiger partial charge in [-0.25, -0.2) is 0 Å². The molecule has 182 valence electrons. The van der Waals surface area contributed by atoms with Gasteiger partial charge in [0.2, 0.25) is 0 Å². The molecule has 1 aliphatic rings. The summed E-state index contributed by atoms with van der Waals surface area (Å²) in [6.45, 7) is 9.71. The van der Waals surface area contributed by atoms with Crippen molar-refractivity contribution >= 4 is 17.3 Å². The van der Waals surface area contributed by atoms with E-state index in [-0.39, 0.29) is 34.3 Å². The molecule has 1 saturated heterocycles. The molecule has 0 spiro atoms. The van der Waals surface area contributed by atoms with Crippen molar-refractivity contribution in [1.82, 2.24) is 10.2 Å². The molecule has 0 unspecified atom stereocenters. The molecule has 2 aromatic rings. The molecular weight excluding hydrogens is 434 g/mol. The van der Waals surface area contributed by atoms with Gasteiger partial charge in [0, 0.05) is 32.2 Å². The van der Waals surface area contributed by atoms with Crippen LogP contribution in [-0.2, 0) is 16.1 Å². The third-order valence-electron chi connectivity index (χ3n) is 5.84. The number of allylic oxidation sites excluding steroid dienone is 1. The number of morpholine rings is 1. The SMILES string of the molecule is CCNC(=O)C(N)=C(C(=O)c1cc(C(C)C)c(O)cc1O)c1ccc(CN2CCOCC2)cc1. The molecule has 1 fully saturated rings. The highest BCUT2D eigenvalue weighted by atomic mass is 16.5. The second-order valence-corrected chi connectivity index (χ2v) is 8.65. The largest absolute Gasteiger partial charge is 0.508 e. The van der Waals surface area contributed by atoms with E-state index in [1.54, 1.807) is 19.1 Å². The van der Waals surface area contributed by atoms with Crippen molar-refractivity contribution in [3.8, 4) is 11.5 Å². The minimum absolute atomic E-state index is 0.000400. The average Bonchev–Trinajstić information content (AvgIpc) is 2.80. The van der Waals surface area contributed by atoms with E-state index in [1.165, 1.54) is 6.07 Å². The van der Waals surface area contributed by atoms with Crippen LogP contribution in [0.3, 0.4) is 0 Å². The van der Waals surface area contributed by atoms with Gasteiger partial charge < -0.3 is 26.0 Å². The molecule has 0 aliphatic carbocycles. The topological polar surface area (TPSA) is 125 Å². The van der Waals surface area contributed by atoms with Crippen molar-refractivity contribution in [2.45, 2.75) is 33.2 Å². The number of hydrogen-bond donors (Lipinski definition) is 4. The maximum Gasteiger partial charge on any atom is 0.267 e. The first-order valence-electron chi connectivity index (χ1n) is 11.5. The fraction of sp³-hybridized carbons (Fsp3) is 0.385. The first-order valence-corrected chi connectivity index (χ1v) is 11.5. The molecule has 2 aromatic carbocycles. The van der Waals surface area contributed by atoms with Crippen LogP contribution in [0.4, 0.5) is 0 Å². The monoisotopic (exact) mass is 467 g/mol. The summed E-state index contributed by atoms with van der Waals surface area (Å²) in [7, 11) is 0. The number of rotatable bonds is 8. The van der Waals surface area contributed by atoms with Crippen LogP contribution in [0.5, 0.6) is 11.5 Å². The van der Waals surface area contributed by atoms with Gasteiger partial charge in [0.15, 0.2) is 5.78 Å². The van der Waals surface area contributed by atoms with Gasteiger partial charge in [0.1, 0.15) is 17.2 Å². The Morgan fingerprint density at radius 2 is 1.74 bits per heavy atom. The number of Topliss-reactive ketones (excluding diaryl/α,β-unsaturated/α-hetero) is 1. The maximum absolute atomic E-state index is 13.6. The fourth-order valence-corrected chi connectivity index (χ4v) is 3.95. The Balaban J connectivity index is 2.01. The van der Waals surface area contributed by atoms with E-state index in [0.29, 0.717) is 30.9 Å². The Hall–Kier alpha value is -3.36. The summed E-state index contributed by atoms with van der Waals surface area (Å²) >= 11 is 0. The van der Waals surface area contributed by atoms with Gasteiger partial charge >= 0.3 is 0 Å². The number of hydrogen-bond acceptors (Lipinski definition) is 7. The lowest BCUT2D eigenvalue weighted by Crippen LogP contribution is -2.35. The first-order chi connectivity index (χ1) is 16.2. The lowest BCUT2D eigenvalue weighted by atomic mass is 9.90. The van der Waals surface area contributed by atoms with E-state index in [1.807, 2.05) is 26.0 Å². The maximum atomic E-state index is 13.6. The highest BCUT2D eigenvalue weighted by Gasteiger charge is 2.25. The molecule has 0 bridgehead atoms. The Morgan fingerprint density at radius 1 is 1.09 bits per heavy atom. The number of nitrogens with zero attached hydrogens (tertiary/aromatic N) is 1. The quantitative estimate of drug-likeness (QED) is 0.347. The summed E-state index contributed by atoms with van der Waals surface area (Å²) in [5, 5.41) is 23.3. The Bertz CT molecular complexity index is 1070. The van der Waals surface area contributed by atoms with Gasteiger partial charge in [-0.3, -0.25) is 14.5 Å². The van der Waals surface area contributed by atoms with Crippen molar-refractivity contribution in [2.24, 2.45) is 5.73 Å². The minimum atomic E-state index is -0.593. The van der Waals surface area contributed by atoms with Crippen LogP contribution in [0.15, 0.2) is 42.1 Å². The Morgan fingerprint density at radius 3 is 2.32 bits per heavy atom. The molecule has 0 saturated carbocycles. The predicted octanol–water partition coefficient (Wildman–Crippen LogP) is 2.74. The lowest BCUT2D eigenvalue weighted by Gasteiger charge is -2.26. The van der Waals surface area contributed by atoms with Crippen molar-refractivity contribution < 1.29 is 24.5 Å². The summed E-state index contributed by atoms with van der Waals surface area (Å²) in [6, 6.07) is 9.92. The molecule has 0 aromatic heterocycles. The van der Waals surface area contributed by atoms with Crippen LogP contribution >= 0.6 is 0 Å².